The van der Waals surface area contributed by atoms with E-state index in [4.69, 9.17) is 0 Å². The molecule has 0 aliphatic heterocycles. The molecule has 0 aliphatic carbocycles. The van der Waals surface area contributed by atoms with Crippen LogP contribution in [0.25, 0.3) is 5.52 Å². The van der Waals surface area contributed by atoms with E-state index in [0.717, 1.165) is 0 Å². The number of pyridine rings is 1. The molecule has 0 amide bonds. The van der Waals surface area contributed by atoms with Gasteiger partial charge in [-0.05, 0) is 30.7 Å². The summed E-state index contributed by atoms with van der Waals surface area (Å²) in [5.41, 5.74) is 2.62. The molecule has 0 fully saturated rings. The lowest BCUT2D eigenvalue weighted by Gasteiger charge is -1.95. The quantitative estimate of drug-likeness (QED) is 0.516. The van der Waals surface area contributed by atoms with Crippen LogP contribution in [0.3, 0.4) is 0 Å². The zero-order chi connectivity index (χ0) is 6.97. The Bertz CT molecular complexity index is 346. The highest BCUT2D eigenvalue weighted by Gasteiger charge is 1.91. The summed E-state index contributed by atoms with van der Waals surface area (Å²) in [7, 11) is 0. The van der Waals surface area contributed by atoms with Crippen molar-refractivity contribution < 1.29 is 0 Å². The van der Waals surface area contributed by atoms with Crippen molar-refractivity contribution >= 4 is 5.52 Å². The smallest absolute Gasteiger partial charge is 0.0479 e. The van der Waals surface area contributed by atoms with Gasteiger partial charge in [-0.2, -0.15) is 0 Å². The monoisotopic (exact) mass is 131 g/mol. The number of nitrogens with zero attached hydrogens (tertiary/aromatic N) is 1. The fourth-order valence-corrected chi connectivity index (χ4v) is 1.22. The van der Waals surface area contributed by atoms with E-state index in [0.29, 0.717) is 0 Å². The van der Waals surface area contributed by atoms with Crippen molar-refractivity contribution in [3.63, 3.8) is 0 Å². The van der Waals surface area contributed by atoms with Crippen molar-refractivity contribution in [3.8, 4) is 0 Å². The SMILES string of the molecule is Cc1cccn2cccc12. The van der Waals surface area contributed by atoms with Crippen LogP contribution in [-0.2, 0) is 0 Å². The number of fused-ring (bicyclic) bond motifs is 1. The topological polar surface area (TPSA) is 4.41 Å². The van der Waals surface area contributed by atoms with E-state index in [2.05, 4.69) is 48.0 Å². The van der Waals surface area contributed by atoms with Crippen LogP contribution < -0.4 is 0 Å². The van der Waals surface area contributed by atoms with Gasteiger partial charge in [-0.25, -0.2) is 0 Å². The third-order valence-electron chi connectivity index (χ3n) is 1.78. The number of hydrogen-bond donors (Lipinski definition) is 0. The fraction of sp³-hybridized carbons (Fsp3) is 0.111. The zero-order valence-electron chi connectivity index (χ0n) is 5.91. The van der Waals surface area contributed by atoms with E-state index in [-0.39, 0.29) is 0 Å². The molecule has 2 aromatic heterocycles. The maximum Gasteiger partial charge on any atom is 0.0479 e. The molecule has 2 aromatic rings. The molecule has 0 N–H and O–H groups in total. The maximum absolute atomic E-state index is 2.12. The third-order valence-corrected chi connectivity index (χ3v) is 1.78. The Kier molecular flexibility index (Phi) is 1.04. The molecular formula is C9H9N. The molecule has 0 saturated heterocycles. The summed E-state index contributed by atoms with van der Waals surface area (Å²) in [6, 6.07) is 8.36. The summed E-state index contributed by atoms with van der Waals surface area (Å²) < 4.78 is 2.12. The second-order valence-corrected chi connectivity index (χ2v) is 2.49. The van der Waals surface area contributed by atoms with Gasteiger partial charge in [0.25, 0.3) is 0 Å². The first kappa shape index (κ1) is 5.54. The predicted octanol–water partition coefficient (Wildman–Crippen LogP) is 2.25. The second-order valence-electron chi connectivity index (χ2n) is 2.49. The Labute approximate surface area is 59.9 Å². The van der Waals surface area contributed by atoms with Crippen LogP contribution >= 0.6 is 0 Å². The molecule has 0 spiro atoms. The average molecular weight is 131 g/mol. The van der Waals surface area contributed by atoms with Gasteiger partial charge >= 0.3 is 0 Å². The second kappa shape index (κ2) is 1.87. The average Bonchev–Trinajstić information content (AvgIpc) is 2.36. The normalized spacial score (nSPS) is 10.5. The first-order valence-electron chi connectivity index (χ1n) is 3.40. The lowest BCUT2D eigenvalue weighted by molar-refractivity contribution is 1.18. The van der Waals surface area contributed by atoms with Crippen LogP contribution in [0.2, 0.25) is 0 Å². The van der Waals surface area contributed by atoms with E-state index >= 15 is 0 Å². The lowest BCUT2D eigenvalue weighted by Crippen LogP contribution is -1.81. The van der Waals surface area contributed by atoms with Gasteiger partial charge in [0.1, 0.15) is 0 Å². The molecule has 2 rings (SSSR count). The Morgan fingerprint density at radius 1 is 1.10 bits per heavy atom. The van der Waals surface area contributed by atoms with Crippen LogP contribution in [-0.4, -0.2) is 4.40 Å². The van der Waals surface area contributed by atoms with Crippen LogP contribution in [0, 0.1) is 6.92 Å². The standard InChI is InChI=1S/C9H9N/c1-8-4-2-6-10-7-3-5-9(8)10/h2-7H,1H3. The summed E-state index contributed by atoms with van der Waals surface area (Å²) in [5.74, 6) is 0. The molecule has 1 heteroatoms. The Balaban J connectivity index is 2.95. The summed E-state index contributed by atoms with van der Waals surface area (Å²) in [5, 5.41) is 0. The molecule has 0 bridgehead atoms. The molecule has 0 aromatic carbocycles. The summed E-state index contributed by atoms with van der Waals surface area (Å²) in [6.07, 6.45) is 4.12. The molecule has 1 nitrogen and oxygen atoms in total. The van der Waals surface area contributed by atoms with Crippen molar-refractivity contribution in [3.05, 3.63) is 42.2 Å². The Hall–Kier alpha value is -1.24. The van der Waals surface area contributed by atoms with Crippen LogP contribution in [0.1, 0.15) is 5.56 Å². The van der Waals surface area contributed by atoms with Gasteiger partial charge < -0.3 is 4.40 Å². The van der Waals surface area contributed by atoms with E-state index in [1.165, 1.54) is 11.1 Å². The number of aromatic nitrogens is 1. The maximum atomic E-state index is 2.12. The number of aryl methyl sites for hydroxylation is 1. The minimum absolute atomic E-state index is 1.29. The zero-order valence-corrected chi connectivity index (χ0v) is 5.91. The van der Waals surface area contributed by atoms with Crippen molar-refractivity contribution in [2.45, 2.75) is 6.92 Å². The number of rotatable bonds is 0. The molecule has 0 aliphatic rings. The highest BCUT2D eigenvalue weighted by atomic mass is 14.8. The Morgan fingerprint density at radius 3 is 2.50 bits per heavy atom. The lowest BCUT2D eigenvalue weighted by atomic mass is 10.2. The largest absolute Gasteiger partial charge is 0.324 e. The van der Waals surface area contributed by atoms with E-state index < -0.39 is 0 Å². The highest BCUT2D eigenvalue weighted by molar-refractivity contribution is 5.54. The summed E-state index contributed by atoms with van der Waals surface area (Å²) in [6.45, 7) is 2.12. The predicted molar refractivity (Wildman–Crippen MR) is 42.1 cm³/mol. The summed E-state index contributed by atoms with van der Waals surface area (Å²) >= 11 is 0. The first-order chi connectivity index (χ1) is 4.88. The van der Waals surface area contributed by atoms with Gasteiger partial charge in [0.05, 0.1) is 0 Å². The minimum Gasteiger partial charge on any atom is -0.324 e. The minimum atomic E-state index is 1.29. The highest BCUT2D eigenvalue weighted by Crippen LogP contribution is 2.08. The van der Waals surface area contributed by atoms with Crippen molar-refractivity contribution in [1.29, 1.82) is 0 Å². The van der Waals surface area contributed by atoms with E-state index in [1.807, 2.05) is 0 Å². The van der Waals surface area contributed by atoms with Gasteiger partial charge in [-0.1, -0.05) is 6.07 Å². The Morgan fingerprint density at radius 2 is 1.80 bits per heavy atom. The summed E-state index contributed by atoms with van der Waals surface area (Å²) in [4.78, 5) is 0. The van der Waals surface area contributed by atoms with Crippen LogP contribution in [0.5, 0.6) is 0 Å². The fourth-order valence-electron chi connectivity index (χ4n) is 1.22. The molecular weight excluding hydrogens is 122 g/mol. The molecule has 2 heterocycles. The van der Waals surface area contributed by atoms with Crippen LogP contribution in [0.15, 0.2) is 36.7 Å². The molecule has 0 atom stereocenters. The van der Waals surface area contributed by atoms with Gasteiger partial charge in [0, 0.05) is 17.9 Å². The van der Waals surface area contributed by atoms with E-state index in [9.17, 15) is 0 Å². The molecule has 0 saturated carbocycles. The van der Waals surface area contributed by atoms with E-state index in [1.54, 1.807) is 0 Å². The van der Waals surface area contributed by atoms with Crippen molar-refractivity contribution in [1.82, 2.24) is 4.40 Å². The van der Waals surface area contributed by atoms with Crippen LogP contribution in [0.4, 0.5) is 0 Å². The molecule has 50 valence electrons. The third kappa shape index (κ3) is 0.637. The van der Waals surface area contributed by atoms with Gasteiger partial charge in [-0.15, -0.1) is 0 Å². The van der Waals surface area contributed by atoms with Gasteiger partial charge in [0.15, 0.2) is 0 Å². The van der Waals surface area contributed by atoms with Crippen molar-refractivity contribution in [2.75, 3.05) is 0 Å². The first-order valence-corrected chi connectivity index (χ1v) is 3.40. The van der Waals surface area contributed by atoms with Gasteiger partial charge in [-0.3, -0.25) is 0 Å². The van der Waals surface area contributed by atoms with Crippen molar-refractivity contribution in [2.24, 2.45) is 0 Å². The van der Waals surface area contributed by atoms with Gasteiger partial charge in [0.2, 0.25) is 0 Å². The molecule has 0 radical (unpaired) electrons. The molecule has 10 heavy (non-hydrogen) atoms. The number of hydrogen-bond acceptors (Lipinski definition) is 0. The molecule has 0 unspecified atom stereocenters.